The van der Waals surface area contributed by atoms with Crippen LogP contribution in [0.2, 0.25) is 0 Å². The van der Waals surface area contributed by atoms with Crippen LogP contribution >= 0.6 is 0 Å². The van der Waals surface area contributed by atoms with Gasteiger partial charge in [0.05, 0.1) is 17.5 Å². The first-order valence-electron chi connectivity index (χ1n) is 11.8. The summed E-state index contributed by atoms with van der Waals surface area (Å²) < 4.78 is 105. The van der Waals surface area contributed by atoms with Gasteiger partial charge in [0.2, 0.25) is 5.82 Å². The van der Waals surface area contributed by atoms with Crippen molar-refractivity contribution in [2.45, 2.75) is 38.7 Å². The van der Waals surface area contributed by atoms with Gasteiger partial charge in [0, 0.05) is 12.5 Å². The van der Waals surface area contributed by atoms with Crippen LogP contribution in [0, 0.1) is 29.1 Å². The maximum Gasteiger partial charge on any atom is 0.200 e. The molecular weight excluding hydrogens is 575 g/mol. The minimum atomic E-state index is -5.77. The third kappa shape index (κ3) is 6.81. The molecule has 1 aliphatic heterocycles. The molecule has 1 unspecified atom stereocenters. The summed E-state index contributed by atoms with van der Waals surface area (Å²) in [5, 5.41) is 0. The molecule has 4 aromatic carbocycles. The second-order valence-corrected chi connectivity index (χ2v) is 11.7. The van der Waals surface area contributed by atoms with Gasteiger partial charge < -0.3 is 14.0 Å². The highest BCUT2D eigenvalue weighted by atomic mass is 32.2. The highest BCUT2D eigenvalue weighted by molar-refractivity contribution is 7.97. The predicted molar refractivity (Wildman–Crippen MR) is 135 cm³/mol. The summed E-state index contributed by atoms with van der Waals surface area (Å²) in [6.45, 7) is 0.794. The lowest BCUT2D eigenvalue weighted by atomic mass is 10.3. The fourth-order valence-corrected chi connectivity index (χ4v) is 6.53. The van der Waals surface area contributed by atoms with Crippen molar-refractivity contribution in [1.82, 2.24) is 0 Å². The Balaban J connectivity index is 0.000000212. The first-order chi connectivity index (χ1) is 19.1. The summed E-state index contributed by atoms with van der Waals surface area (Å²) in [7, 11) is -5.92. The van der Waals surface area contributed by atoms with Crippen molar-refractivity contribution in [3.05, 3.63) is 114 Å². The van der Waals surface area contributed by atoms with Gasteiger partial charge in [0.25, 0.3) is 0 Å². The van der Waals surface area contributed by atoms with E-state index in [9.17, 15) is 34.9 Å². The highest BCUT2D eigenvalue weighted by Crippen LogP contribution is 2.33. The number of hydrogen-bond donors (Lipinski definition) is 0. The molecule has 1 saturated heterocycles. The standard InChI is InChI=1S/C22H21O2S.C6HF5O3S/c1-3-10-19(11-4-1)25(20-12-5-2-6-13-20)21-14-7-9-18(17-21)24-22-15-8-16-23-22;7-1-2(8)4(10)6(15(12,13)14)5(11)3(1)9/h1-7,9-14,17,22H,8,15-16H2;(H,12,13,14)/q+1;/p-1. The third-order valence-electron chi connectivity index (χ3n) is 5.57. The lowest BCUT2D eigenvalue weighted by molar-refractivity contribution is -0.0391. The van der Waals surface area contributed by atoms with Crippen LogP contribution in [0.5, 0.6) is 5.75 Å². The molecule has 40 heavy (non-hydrogen) atoms. The first-order valence-corrected chi connectivity index (χ1v) is 14.4. The van der Waals surface area contributed by atoms with Crippen LogP contribution in [-0.2, 0) is 25.7 Å². The molecular formula is C28H21F5O5S2. The summed E-state index contributed by atoms with van der Waals surface area (Å²) in [6.07, 6.45) is 1.93. The predicted octanol–water partition coefficient (Wildman–Crippen LogP) is 6.58. The topological polar surface area (TPSA) is 75.7 Å². The molecule has 0 spiro atoms. The average molecular weight is 597 g/mol. The SMILES string of the molecule is O=S(=O)([O-])c1c(F)c(F)c(F)c(F)c1F.c1ccc([S+](c2ccccc2)c2cccc(OC3CCCO3)c2)cc1. The summed E-state index contributed by atoms with van der Waals surface area (Å²) >= 11 is 0. The molecule has 12 heteroatoms. The summed E-state index contributed by atoms with van der Waals surface area (Å²) in [5.74, 6) is -11.9. The fourth-order valence-electron chi connectivity index (χ4n) is 3.79. The quantitative estimate of drug-likeness (QED) is 0.0826. The molecule has 0 aromatic heterocycles. The third-order valence-corrected chi connectivity index (χ3v) is 8.64. The van der Waals surface area contributed by atoms with E-state index in [1.807, 2.05) is 6.07 Å². The zero-order valence-electron chi connectivity index (χ0n) is 20.5. The van der Waals surface area contributed by atoms with E-state index in [4.69, 9.17) is 9.47 Å². The number of ether oxygens (including phenoxy) is 2. The zero-order valence-corrected chi connectivity index (χ0v) is 22.2. The number of hydrogen-bond acceptors (Lipinski definition) is 5. The van der Waals surface area contributed by atoms with Gasteiger partial charge in [-0.05, 0) is 42.8 Å². The van der Waals surface area contributed by atoms with Crippen molar-refractivity contribution in [2.75, 3.05) is 6.61 Å². The van der Waals surface area contributed by atoms with Crippen LogP contribution in [0.25, 0.3) is 0 Å². The van der Waals surface area contributed by atoms with E-state index in [0.717, 1.165) is 25.2 Å². The Hall–Kier alpha value is -3.45. The Bertz CT molecular complexity index is 1500. The van der Waals surface area contributed by atoms with Crippen molar-refractivity contribution in [3.8, 4) is 5.75 Å². The Morgan fingerprint density at radius 1 is 0.725 bits per heavy atom. The number of rotatable bonds is 6. The zero-order chi connectivity index (χ0) is 28.9. The second-order valence-electron chi connectivity index (χ2n) is 8.32. The summed E-state index contributed by atoms with van der Waals surface area (Å²) in [5.41, 5.74) is 0. The lowest BCUT2D eigenvalue weighted by Crippen LogP contribution is -2.14. The molecule has 0 amide bonds. The average Bonchev–Trinajstić information content (AvgIpc) is 3.45. The minimum Gasteiger partial charge on any atom is -0.744 e. The fraction of sp³-hybridized carbons (Fsp3) is 0.143. The van der Waals surface area contributed by atoms with E-state index in [1.54, 1.807) is 0 Å². The summed E-state index contributed by atoms with van der Waals surface area (Å²) in [4.78, 5) is 1.50. The molecule has 0 bridgehead atoms. The second kappa shape index (κ2) is 12.8. The van der Waals surface area contributed by atoms with Gasteiger partial charge in [-0.3, -0.25) is 0 Å². The van der Waals surface area contributed by atoms with Gasteiger partial charge in [-0.15, -0.1) is 0 Å². The van der Waals surface area contributed by atoms with Crippen LogP contribution in [-0.4, -0.2) is 25.9 Å². The maximum absolute atomic E-state index is 12.6. The van der Waals surface area contributed by atoms with Crippen LogP contribution in [0.1, 0.15) is 12.8 Å². The van der Waals surface area contributed by atoms with Crippen molar-refractivity contribution in [2.24, 2.45) is 0 Å². The number of halogens is 5. The molecule has 5 rings (SSSR count). The van der Waals surface area contributed by atoms with Gasteiger partial charge in [0.15, 0.2) is 44.2 Å². The van der Waals surface area contributed by atoms with E-state index in [2.05, 4.69) is 78.9 Å². The van der Waals surface area contributed by atoms with Gasteiger partial charge in [-0.1, -0.05) is 42.5 Å². The maximum atomic E-state index is 12.6. The summed E-state index contributed by atoms with van der Waals surface area (Å²) in [6, 6.07) is 29.8. The molecule has 5 nitrogen and oxygen atoms in total. The van der Waals surface area contributed by atoms with Gasteiger partial charge >= 0.3 is 0 Å². The van der Waals surface area contributed by atoms with E-state index in [-0.39, 0.29) is 17.2 Å². The van der Waals surface area contributed by atoms with Gasteiger partial charge in [0.1, 0.15) is 20.8 Å². The normalized spacial score (nSPS) is 15.0. The minimum absolute atomic E-state index is 0.106. The molecule has 0 aliphatic carbocycles. The molecule has 1 heterocycles. The van der Waals surface area contributed by atoms with Gasteiger partial charge in [-0.2, -0.15) is 0 Å². The van der Waals surface area contributed by atoms with Crippen LogP contribution < -0.4 is 4.74 Å². The van der Waals surface area contributed by atoms with Crippen LogP contribution in [0.4, 0.5) is 22.0 Å². The smallest absolute Gasteiger partial charge is 0.200 e. The monoisotopic (exact) mass is 596 g/mol. The Morgan fingerprint density at radius 3 is 1.70 bits per heavy atom. The molecule has 4 aromatic rings. The van der Waals surface area contributed by atoms with Crippen LogP contribution in [0.3, 0.4) is 0 Å². The lowest BCUT2D eigenvalue weighted by Gasteiger charge is -2.14. The van der Waals surface area contributed by atoms with Crippen LogP contribution in [0.15, 0.2) is 105 Å². The largest absolute Gasteiger partial charge is 0.744 e. The molecule has 210 valence electrons. The molecule has 1 aliphatic rings. The first kappa shape index (κ1) is 29.5. The Labute approximate surface area is 230 Å². The Morgan fingerprint density at radius 2 is 1.23 bits per heavy atom. The Kier molecular flexibility index (Phi) is 9.46. The molecule has 0 radical (unpaired) electrons. The van der Waals surface area contributed by atoms with E-state index >= 15 is 0 Å². The number of benzene rings is 4. The molecule has 1 fully saturated rings. The van der Waals surface area contributed by atoms with Crippen molar-refractivity contribution in [1.29, 1.82) is 0 Å². The van der Waals surface area contributed by atoms with Crippen molar-refractivity contribution >= 4 is 21.0 Å². The van der Waals surface area contributed by atoms with E-state index < -0.39 is 44.1 Å². The molecule has 1 atom stereocenters. The van der Waals surface area contributed by atoms with Crippen molar-refractivity contribution < 1.29 is 44.4 Å². The van der Waals surface area contributed by atoms with Gasteiger partial charge in [-0.25, -0.2) is 30.4 Å². The molecule has 0 N–H and O–H groups in total. The van der Waals surface area contributed by atoms with Crippen molar-refractivity contribution in [3.63, 3.8) is 0 Å². The van der Waals surface area contributed by atoms with E-state index in [1.165, 1.54) is 14.7 Å². The highest BCUT2D eigenvalue weighted by Gasteiger charge is 2.30. The molecule has 0 saturated carbocycles. The van der Waals surface area contributed by atoms with E-state index in [0.29, 0.717) is 0 Å².